The van der Waals surface area contributed by atoms with Gasteiger partial charge in [-0.2, -0.15) is 0 Å². The zero-order chi connectivity index (χ0) is 20.7. The first kappa shape index (κ1) is 19.5. The Labute approximate surface area is 166 Å². The van der Waals surface area contributed by atoms with Gasteiger partial charge in [0.25, 0.3) is 5.56 Å². The van der Waals surface area contributed by atoms with Crippen LogP contribution in [0.15, 0.2) is 29.5 Å². The van der Waals surface area contributed by atoms with Gasteiger partial charge < -0.3 is 14.5 Å². The highest BCUT2D eigenvalue weighted by atomic mass is 19.1. The molecular weight excluding hydrogens is 382 g/mol. The fourth-order valence-electron chi connectivity index (χ4n) is 4.20. The quantitative estimate of drug-likeness (QED) is 0.779. The van der Waals surface area contributed by atoms with E-state index in [0.717, 1.165) is 31.6 Å². The van der Waals surface area contributed by atoms with Crippen LogP contribution in [0.1, 0.15) is 30.4 Å². The first-order valence-electron chi connectivity index (χ1n) is 9.47. The Kier molecular flexibility index (Phi) is 5.08. The molecule has 2 aliphatic rings. The monoisotopic (exact) mass is 404 g/mol. The van der Waals surface area contributed by atoms with Crippen LogP contribution in [0, 0.1) is 11.6 Å². The molecule has 0 saturated carbocycles. The number of benzene rings is 1. The molecule has 1 aromatic carbocycles. The van der Waals surface area contributed by atoms with Crippen LogP contribution in [0.3, 0.4) is 0 Å². The van der Waals surface area contributed by atoms with E-state index in [2.05, 4.69) is 9.88 Å². The number of hydrogen-bond acceptors (Lipinski definition) is 5. The van der Waals surface area contributed by atoms with Gasteiger partial charge in [-0.1, -0.05) is 0 Å². The van der Waals surface area contributed by atoms with Crippen molar-refractivity contribution in [2.45, 2.75) is 24.8 Å². The molecule has 154 valence electrons. The summed E-state index contributed by atoms with van der Waals surface area (Å²) in [7, 11) is 3.30. The number of aromatic nitrogens is 2. The summed E-state index contributed by atoms with van der Waals surface area (Å²) in [5, 5.41) is 0. The van der Waals surface area contributed by atoms with Gasteiger partial charge in [0.2, 0.25) is 5.91 Å². The van der Waals surface area contributed by atoms with E-state index >= 15 is 0 Å². The number of hydrogen-bond donors (Lipinski definition) is 0. The summed E-state index contributed by atoms with van der Waals surface area (Å²) in [6.45, 7) is 1.62. The average Bonchev–Trinajstić information content (AvgIpc) is 3.27. The van der Waals surface area contributed by atoms with E-state index in [4.69, 9.17) is 4.74 Å². The van der Waals surface area contributed by atoms with E-state index in [0.29, 0.717) is 0 Å². The van der Waals surface area contributed by atoms with Crippen LogP contribution in [0.25, 0.3) is 0 Å². The number of amides is 1. The molecule has 7 nitrogen and oxygen atoms in total. The van der Waals surface area contributed by atoms with Gasteiger partial charge >= 0.3 is 0 Å². The maximum Gasteiger partial charge on any atom is 0.277 e. The second kappa shape index (κ2) is 7.55. The van der Waals surface area contributed by atoms with E-state index in [1.807, 2.05) is 7.05 Å². The summed E-state index contributed by atoms with van der Waals surface area (Å²) in [5.41, 5.74) is -0.336. The summed E-state index contributed by atoms with van der Waals surface area (Å²) in [4.78, 5) is 33.2. The summed E-state index contributed by atoms with van der Waals surface area (Å²) >= 11 is 0. The number of carbonyl (C=O) groups excluding carboxylic acids is 1. The zero-order valence-corrected chi connectivity index (χ0v) is 16.3. The first-order valence-corrected chi connectivity index (χ1v) is 9.47. The smallest absolute Gasteiger partial charge is 0.277 e. The molecule has 2 fully saturated rings. The molecule has 4 rings (SSSR count). The van der Waals surface area contributed by atoms with Crippen molar-refractivity contribution in [2.24, 2.45) is 0 Å². The number of nitrogens with zero attached hydrogens (tertiary/aromatic N) is 4. The topological polar surface area (TPSA) is 67.7 Å². The maximum atomic E-state index is 14.5. The summed E-state index contributed by atoms with van der Waals surface area (Å²) in [6, 6.07) is 2.18. The van der Waals surface area contributed by atoms with Crippen LogP contribution >= 0.6 is 0 Å². The molecule has 9 heteroatoms. The van der Waals surface area contributed by atoms with Crippen LogP contribution in [-0.2, 0) is 4.79 Å². The van der Waals surface area contributed by atoms with Gasteiger partial charge in [-0.15, -0.1) is 0 Å². The maximum absolute atomic E-state index is 14.5. The van der Waals surface area contributed by atoms with E-state index in [-0.39, 0.29) is 47.5 Å². The van der Waals surface area contributed by atoms with E-state index in [9.17, 15) is 18.4 Å². The minimum atomic E-state index is -0.765. The van der Waals surface area contributed by atoms with Gasteiger partial charge in [-0.25, -0.2) is 13.8 Å². The number of likely N-dealkylation sites (tertiary alicyclic amines) is 1. The van der Waals surface area contributed by atoms with Crippen molar-refractivity contribution in [1.82, 2.24) is 14.5 Å². The van der Waals surface area contributed by atoms with Crippen LogP contribution in [-0.4, -0.2) is 54.1 Å². The van der Waals surface area contributed by atoms with Crippen molar-refractivity contribution in [3.63, 3.8) is 0 Å². The molecule has 1 aromatic heterocycles. The SMILES string of the molecule is COc1cc(F)c(C2CC(=O)N(c3cncn(C4CCN(C)C4)c3=O)C2)c(F)c1. The number of likely N-dealkylation sites (N-methyl/N-ethyl adjacent to an activating group) is 1. The minimum absolute atomic E-state index is 0.00932. The molecular formula is C20H22F2N4O3. The van der Waals surface area contributed by atoms with Crippen LogP contribution in [0.4, 0.5) is 14.5 Å². The molecule has 0 N–H and O–H groups in total. The summed E-state index contributed by atoms with van der Waals surface area (Å²) in [6.07, 6.45) is 3.57. The van der Waals surface area contributed by atoms with Crippen molar-refractivity contribution in [1.29, 1.82) is 0 Å². The highest BCUT2D eigenvalue weighted by Gasteiger charge is 2.37. The van der Waals surface area contributed by atoms with Crippen molar-refractivity contribution in [3.05, 3.63) is 52.2 Å². The second-order valence-electron chi connectivity index (χ2n) is 7.61. The van der Waals surface area contributed by atoms with Gasteiger partial charge in [0, 0.05) is 43.1 Å². The van der Waals surface area contributed by atoms with Gasteiger partial charge in [0.15, 0.2) is 0 Å². The zero-order valence-electron chi connectivity index (χ0n) is 16.3. The molecule has 2 saturated heterocycles. The number of carbonyl (C=O) groups is 1. The fraction of sp³-hybridized carbons (Fsp3) is 0.450. The van der Waals surface area contributed by atoms with Crippen molar-refractivity contribution >= 4 is 11.6 Å². The Morgan fingerprint density at radius 1 is 1.17 bits per heavy atom. The number of ether oxygens (including phenoxy) is 1. The molecule has 29 heavy (non-hydrogen) atoms. The molecule has 2 unspecified atom stereocenters. The molecule has 0 spiro atoms. The Hall–Kier alpha value is -2.81. The Balaban J connectivity index is 1.64. The van der Waals surface area contributed by atoms with Crippen molar-refractivity contribution in [3.8, 4) is 5.75 Å². The number of halogens is 2. The third-order valence-electron chi connectivity index (χ3n) is 5.71. The third-order valence-corrected chi connectivity index (χ3v) is 5.71. The molecule has 0 radical (unpaired) electrons. The van der Waals surface area contributed by atoms with Crippen LogP contribution in [0.5, 0.6) is 5.75 Å². The average molecular weight is 404 g/mol. The summed E-state index contributed by atoms with van der Waals surface area (Å²) in [5.74, 6) is -2.51. The fourth-order valence-corrected chi connectivity index (χ4v) is 4.20. The van der Waals surface area contributed by atoms with Crippen molar-refractivity contribution in [2.75, 3.05) is 38.7 Å². The summed E-state index contributed by atoms with van der Waals surface area (Å²) < 4.78 is 35.3. The normalized spacial score (nSPS) is 22.5. The third kappa shape index (κ3) is 3.50. The van der Waals surface area contributed by atoms with E-state index in [1.165, 1.54) is 24.5 Å². The second-order valence-corrected chi connectivity index (χ2v) is 7.61. The molecule has 2 aliphatic heterocycles. The van der Waals surface area contributed by atoms with Gasteiger partial charge in [0.1, 0.15) is 23.1 Å². The van der Waals surface area contributed by atoms with E-state index in [1.54, 1.807) is 4.57 Å². The van der Waals surface area contributed by atoms with Gasteiger partial charge in [0.05, 0.1) is 25.7 Å². The molecule has 0 aliphatic carbocycles. The molecule has 3 heterocycles. The predicted molar refractivity (Wildman–Crippen MR) is 102 cm³/mol. The lowest BCUT2D eigenvalue weighted by Crippen LogP contribution is -2.35. The van der Waals surface area contributed by atoms with Crippen LogP contribution < -0.4 is 15.2 Å². The lowest BCUT2D eigenvalue weighted by molar-refractivity contribution is -0.117. The molecule has 1 amide bonds. The number of methoxy groups -OCH3 is 1. The van der Waals surface area contributed by atoms with Crippen LogP contribution in [0.2, 0.25) is 0 Å². The largest absolute Gasteiger partial charge is 0.497 e. The Morgan fingerprint density at radius 2 is 1.90 bits per heavy atom. The van der Waals surface area contributed by atoms with Crippen molar-refractivity contribution < 1.29 is 18.3 Å². The molecule has 2 aromatic rings. The number of rotatable bonds is 4. The molecule has 0 bridgehead atoms. The van der Waals surface area contributed by atoms with Gasteiger partial charge in [-0.3, -0.25) is 14.2 Å². The van der Waals surface area contributed by atoms with E-state index < -0.39 is 17.6 Å². The number of anilines is 1. The Morgan fingerprint density at radius 3 is 2.52 bits per heavy atom. The lowest BCUT2D eigenvalue weighted by Gasteiger charge is -2.20. The minimum Gasteiger partial charge on any atom is -0.497 e. The Bertz CT molecular complexity index is 986. The predicted octanol–water partition coefficient (Wildman–Crippen LogP) is 1.93. The molecule has 2 atom stereocenters. The highest BCUT2D eigenvalue weighted by molar-refractivity contribution is 5.96. The van der Waals surface area contributed by atoms with Gasteiger partial charge in [-0.05, 0) is 20.0 Å². The standard InChI is InChI=1S/C20H22F2N4O3/c1-24-4-3-13(10-24)26-11-23-8-17(20(26)28)25-9-12(5-18(25)27)19-15(21)6-14(29-2)7-16(19)22/h6-8,11-13H,3-5,9-10H2,1-2H3. The lowest BCUT2D eigenvalue weighted by atomic mass is 9.97. The highest BCUT2D eigenvalue weighted by Crippen LogP contribution is 2.35. The first-order chi connectivity index (χ1) is 13.9.